The lowest BCUT2D eigenvalue weighted by Crippen LogP contribution is -2.20. The fraction of sp³-hybridized carbons (Fsp3) is 0.333. The lowest BCUT2D eigenvalue weighted by molar-refractivity contribution is 0.364. The van der Waals surface area contributed by atoms with Crippen LogP contribution in [0.2, 0.25) is 0 Å². The summed E-state index contributed by atoms with van der Waals surface area (Å²) in [6.45, 7) is 1.15. The second-order valence-corrected chi connectivity index (χ2v) is 4.29. The average molecular weight is 233 g/mol. The minimum Gasteiger partial charge on any atom is -0.367 e. The van der Waals surface area contributed by atoms with Crippen molar-refractivity contribution in [3.05, 3.63) is 34.7 Å². The molecule has 2 aromatic heterocycles. The maximum atomic E-state index is 13.1. The Hall–Kier alpha value is -1.91. The first-order valence-corrected chi connectivity index (χ1v) is 5.60. The van der Waals surface area contributed by atoms with Gasteiger partial charge in [-0.15, -0.1) is 0 Å². The number of H-pyrrole nitrogens is 1. The number of anilines is 1. The van der Waals surface area contributed by atoms with Crippen molar-refractivity contribution in [1.29, 1.82) is 0 Å². The van der Waals surface area contributed by atoms with Gasteiger partial charge in [0, 0.05) is 24.5 Å². The van der Waals surface area contributed by atoms with E-state index in [2.05, 4.69) is 9.97 Å². The van der Waals surface area contributed by atoms with Crippen LogP contribution in [-0.2, 0) is 0 Å². The van der Waals surface area contributed by atoms with Crippen LogP contribution < -0.4 is 10.5 Å². The number of aromatic nitrogens is 2. The van der Waals surface area contributed by atoms with E-state index in [1.165, 1.54) is 6.07 Å². The van der Waals surface area contributed by atoms with Gasteiger partial charge in [0.05, 0.1) is 11.9 Å². The molecule has 3 rings (SSSR count). The number of fused-ring (bicyclic) bond motifs is 1. The first kappa shape index (κ1) is 10.3. The number of pyridine rings is 2. The molecule has 0 bridgehead atoms. The highest BCUT2D eigenvalue weighted by molar-refractivity contribution is 5.78. The third-order valence-corrected chi connectivity index (χ3v) is 3.05. The van der Waals surface area contributed by atoms with E-state index >= 15 is 0 Å². The molecule has 1 aliphatic heterocycles. The number of hydrogen-bond acceptors (Lipinski definition) is 3. The summed E-state index contributed by atoms with van der Waals surface area (Å²) in [4.78, 5) is 19.9. The van der Waals surface area contributed by atoms with Crippen molar-refractivity contribution < 1.29 is 4.39 Å². The minimum absolute atomic E-state index is 0.164. The number of aromatic amines is 1. The number of alkyl halides is 1. The Kier molecular flexibility index (Phi) is 2.31. The molecule has 0 amide bonds. The monoisotopic (exact) mass is 233 g/mol. The van der Waals surface area contributed by atoms with E-state index in [4.69, 9.17) is 0 Å². The van der Waals surface area contributed by atoms with Gasteiger partial charge in [-0.1, -0.05) is 0 Å². The molecule has 1 saturated heterocycles. The zero-order chi connectivity index (χ0) is 11.8. The molecule has 1 aliphatic rings. The standard InChI is InChI=1S/C12H12FN3O/c13-9-3-4-16(7-9)10-5-8-1-2-11(17)15-12(8)14-6-10/h1-2,5-6,9H,3-4,7H2,(H,14,15,17)/t9-/m0/s1. The van der Waals surface area contributed by atoms with Crippen LogP contribution in [0.25, 0.3) is 11.0 Å². The third-order valence-electron chi connectivity index (χ3n) is 3.05. The number of nitrogens with one attached hydrogen (secondary N) is 1. The first-order chi connectivity index (χ1) is 8.22. The van der Waals surface area contributed by atoms with E-state index in [0.29, 0.717) is 18.6 Å². The molecule has 1 fully saturated rings. The Balaban J connectivity index is 2.02. The highest BCUT2D eigenvalue weighted by Gasteiger charge is 2.22. The molecule has 88 valence electrons. The summed E-state index contributed by atoms with van der Waals surface area (Å²) in [5, 5.41) is 0.865. The van der Waals surface area contributed by atoms with E-state index in [1.54, 1.807) is 12.3 Å². The topological polar surface area (TPSA) is 49.0 Å². The summed E-state index contributed by atoms with van der Waals surface area (Å²) < 4.78 is 13.1. The molecule has 17 heavy (non-hydrogen) atoms. The van der Waals surface area contributed by atoms with Gasteiger partial charge in [-0.05, 0) is 18.6 Å². The quantitative estimate of drug-likeness (QED) is 0.811. The summed E-state index contributed by atoms with van der Waals surface area (Å²) in [6.07, 6.45) is 1.50. The van der Waals surface area contributed by atoms with Gasteiger partial charge in [0.2, 0.25) is 5.56 Å². The number of hydrogen-bond donors (Lipinski definition) is 1. The molecule has 0 radical (unpaired) electrons. The largest absolute Gasteiger partial charge is 0.367 e. The van der Waals surface area contributed by atoms with Crippen LogP contribution >= 0.6 is 0 Å². The third kappa shape index (κ3) is 1.88. The molecule has 2 aromatic rings. The highest BCUT2D eigenvalue weighted by atomic mass is 19.1. The van der Waals surface area contributed by atoms with Crippen LogP contribution in [0, 0.1) is 0 Å². The number of halogens is 1. The van der Waals surface area contributed by atoms with Crippen molar-refractivity contribution in [3.8, 4) is 0 Å². The van der Waals surface area contributed by atoms with Crippen molar-refractivity contribution in [2.45, 2.75) is 12.6 Å². The Bertz CT molecular complexity index is 610. The number of rotatable bonds is 1. The molecule has 0 saturated carbocycles. The van der Waals surface area contributed by atoms with Crippen LogP contribution in [0.15, 0.2) is 29.2 Å². The van der Waals surface area contributed by atoms with Crippen molar-refractivity contribution in [2.24, 2.45) is 0 Å². The Morgan fingerprint density at radius 2 is 2.35 bits per heavy atom. The van der Waals surface area contributed by atoms with Crippen LogP contribution in [0.4, 0.5) is 10.1 Å². The SMILES string of the molecule is O=c1ccc2cc(N3CC[C@H](F)C3)cnc2[nH]1. The second-order valence-electron chi connectivity index (χ2n) is 4.29. The van der Waals surface area contributed by atoms with Gasteiger partial charge >= 0.3 is 0 Å². The van der Waals surface area contributed by atoms with Crippen molar-refractivity contribution in [2.75, 3.05) is 18.0 Å². The maximum absolute atomic E-state index is 13.1. The summed E-state index contributed by atoms with van der Waals surface area (Å²) in [6, 6.07) is 5.12. The predicted molar refractivity (Wildman–Crippen MR) is 64.1 cm³/mol. The van der Waals surface area contributed by atoms with Crippen LogP contribution in [-0.4, -0.2) is 29.2 Å². The van der Waals surface area contributed by atoms with Crippen LogP contribution in [0.5, 0.6) is 0 Å². The average Bonchev–Trinajstić information content (AvgIpc) is 2.75. The van der Waals surface area contributed by atoms with Gasteiger partial charge in [0.25, 0.3) is 0 Å². The van der Waals surface area contributed by atoms with Gasteiger partial charge in [-0.2, -0.15) is 0 Å². The number of nitrogens with zero attached hydrogens (tertiary/aromatic N) is 2. The van der Waals surface area contributed by atoms with Crippen molar-refractivity contribution in [3.63, 3.8) is 0 Å². The molecule has 3 heterocycles. The van der Waals surface area contributed by atoms with Gasteiger partial charge in [-0.3, -0.25) is 4.79 Å². The lowest BCUT2D eigenvalue weighted by atomic mass is 10.2. The minimum atomic E-state index is -0.749. The molecule has 1 atom stereocenters. The molecule has 1 N–H and O–H groups in total. The van der Waals surface area contributed by atoms with Crippen LogP contribution in [0.3, 0.4) is 0 Å². The summed E-state index contributed by atoms with van der Waals surface area (Å²) in [5.74, 6) is 0. The maximum Gasteiger partial charge on any atom is 0.249 e. The predicted octanol–water partition coefficient (Wildman–Crippen LogP) is 1.47. The molecular weight excluding hydrogens is 221 g/mol. The Morgan fingerprint density at radius 1 is 1.47 bits per heavy atom. The highest BCUT2D eigenvalue weighted by Crippen LogP contribution is 2.23. The van der Waals surface area contributed by atoms with Gasteiger partial charge in [-0.25, -0.2) is 9.37 Å². The molecule has 5 heteroatoms. The molecule has 0 unspecified atom stereocenters. The molecular formula is C12H12FN3O. The summed E-state index contributed by atoms with van der Waals surface area (Å²) in [5.41, 5.74) is 1.31. The fourth-order valence-electron chi connectivity index (χ4n) is 2.15. The normalized spacial score (nSPS) is 20.1. The molecule has 0 spiro atoms. The van der Waals surface area contributed by atoms with E-state index in [9.17, 15) is 9.18 Å². The van der Waals surface area contributed by atoms with Gasteiger partial charge in [0.1, 0.15) is 11.8 Å². The van der Waals surface area contributed by atoms with Crippen molar-refractivity contribution >= 4 is 16.7 Å². The summed E-state index contributed by atoms with van der Waals surface area (Å²) in [7, 11) is 0. The van der Waals surface area contributed by atoms with E-state index in [1.807, 2.05) is 11.0 Å². The Morgan fingerprint density at radius 3 is 3.12 bits per heavy atom. The zero-order valence-corrected chi connectivity index (χ0v) is 9.19. The van der Waals surface area contributed by atoms with E-state index in [-0.39, 0.29) is 5.56 Å². The second kappa shape index (κ2) is 3.84. The van der Waals surface area contributed by atoms with Gasteiger partial charge < -0.3 is 9.88 Å². The van der Waals surface area contributed by atoms with Crippen LogP contribution in [0.1, 0.15) is 6.42 Å². The zero-order valence-electron chi connectivity index (χ0n) is 9.19. The van der Waals surface area contributed by atoms with Crippen molar-refractivity contribution in [1.82, 2.24) is 9.97 Å². The first-order valence-electron chi connectivity index (χ1n) is 5.60. The molecule has 0 aliphatic carbocycles. The van der Waals surface area contributed by atoms with E-state index in [0.717, 1.165) is 17.6 Å². The smallest absolute Gasteiger partial charge is 0.249 e. The Labute approximate surface area is 97.1 Å². The van der Waals surface area contributed by atoms with E-state index < -0.39 is 6.17 Å². The molecule has 4 nitrogen and oxygen atoms in total. The fourth-order valence-corrected chi connectivity index (χ4v) is 2.15. The lowest BCUT2D eigenvalue weighted by Gasteiger charge is -2.17. The molecule has 0 aromatic carbocycles. The summed E-state index contributed by atoms with van der Waals surface area (Å²) >= 11 is 0. The van der Waals surface area contributed by atoms with Gasteiger partial charge in [0.15, 0.2) is 0 Å².